The normalized spacial score (nSPS) is 23.4. The molecule has 0 aliphatic carbocycles. The Morgan fingerprint density at radius 1 is 1.07 bits per heavy atom. The number of ketones is 1. The third-order valence-corrected chi connectivity index (χ3v) is 8.40. The molecule has 8 rings (SSSR count). The molecule has 10 nitrogen and oxygen atoms in total. The van der Waals surface area contributed by atoms with Gasteiger partial charge in [0, 0.05) is 81.9 Å². The molecule has 230 valence electrons. The standard InChI is InChI=1S/C33H46N8O2/c1-25-7-6-14-39(4)32-11-10-27(20-35-32)30-12-13-34-33(37-30)36-28-9-5-8-26(19-28)21-41-16-15-40(23-31(25)42)22-29(41)24-43-18-17-38(2)3/h5,8-13,19-20,25,29H,6-7,14-18,21-24H2,1-4H3,(H,34,36,37). The van der Waals surface area contributed by atoms with Crippen molar-refractivity contribution in [3.8, 4) is 11.3 Å². The van der Waals surface area contributed by atoms with Crippen LogP contribution < -0.4 is 10.2 Å². The number of Topliss-reactive ketones (excluding diaryl/α,β-unsaturated/α-hetero) is 1. The highest BCUT2D eigenvalue weighted by Gasteiger charge is 2.29. The molecule has 1 fully saturated rings. The van der Waals surface area contributed by atoms with Crippen LogP contribution in [0.5, 0.6) is 0 Å². The number of nitrogens with one attached hydrogen (secondary N) is 1. The van der Waals surface area contributed by atoms with E-state index in [1.165, 1.54) is 5.56 Å². The van der Waals surface area contributed by atoms with Gasteiger partial charge in [-0.3, -0.25) is 14.6 Å². The number of ether oxygens (including phenoxy) is 1. The van der Waals surface area contributed by atoms with E-state index in [2.05, 4.69) is 76.2 Å². The van der Waals surface area contributed by atoms with Gasteiger partial charge in [-0.15, -0.1) is 0 Å². The molecule has 0 saturated carbocycles. The van der Waals surface area contributed by atoms with Crippen LogP contribution in [0.3, 0.4) is 0 Å². The molecule has 43 heavy (non-hydrogen) atoms. The summed E-state index contributed by atoms with van der Waals surface area (Å²) in [5.41, 5.74) is 3.91. The van der Waals surface area contributed by atoms with Crippen LogP contribution in [-0.4, -0.2) is 115 Å². The molecule has 10 heteroatoms. The van der Waals surface area contributed by atoms with Crippen molar-refractivity contribution in [2.24, 2.45) is 5.92 Å². The van der Waals surface area contributed by atoms with Gasteiger partial charge in [-0.1, -0.05) is 19.1 Å². The first-order chi connectivity index (χ1) is 20.8. The van der Waals surface area contributed by atoms with E-state index < -0.39 is 0 Å². The lowest BCUT2D eigenvalue weighted by molar-refractivity contribution is -0.124. The van der Waals surface area contributed by atoms with E-state index in [0.717, 1.165) is 74.9 Å². The number of carbonyl (C=O) groups is 1. The first-order valence-electron chi connectivity index (χ1n) is 15.4. The number of hydrogen-bond acceptors (Lipinski definition) is 10. The minimum Gasteiger partial charge on any atom is -0.378 e. The number of aromatic nitrogens is 3. The Labute approximate surface area is 256 Å². The van der Waals surface area contributed by atoms with Crippen LogP contribution in [0, 0.1) is 5.92 Å². The van der Waals surface area contributed by atoms with Gasteiger partial charge >= 0.3 is 0 Å². The Kier molecular flexibility index (Phi) is 10.7. The van der Waals surface area contributed by atoms with E-state index in [1.54, 1.807) is 6.20 Å². The van der Waals surface area contributed by atoms with Gasteiger partial charge in [-0.25, -0.2) is 15.0 Å². The first kappa shape index (κ1) is 31.0. The van der Waals surface area contributed by atoms with Crippen LogP contribution in [0.1, 0.15) is 25.3 Å². The van der Waals surface area contributed by atoms with Gasteiger partial charge in [0.1, 0.15) is 11.6 Å². The molecular weight excluding hydrogens is 540 g/mol. The predicted molar refractivity (Wildman–Crippen MR) is 172 cm³/mol. The van der Waals surface area contributed by atoms with Crippen molar-refractivity contribution in [1.82, 2.24) is 29.7 Å². The van der Waals surface area contributed by atoms with Crippen molar-refractivity contribution in [3.63, 3.8) is 0 Å². The molecule has 5 aliphatic heterocycles. The van der Waals surface area contributed by atoms with Gasteiger partial charge in [0.15, 0.2) is 0 Å². The number of pyridine rings is 1. The second-order valence-corrected chi connectivity index (χ2v) is 12.2. The lowest BCUT2D eigenvalue weighted by Crippen LogP contribution is -2.55. The quantitative estimate of drug-likeness (QED) is 0.446. The number of carbonyl (C=O) groups excluding carboxylic acids is 1. The average Bonchev–Trinajstić information content (AvgIpc) is 3.00. The third kappa shape index (κ3) is 8.79. The summed E-state index contributed by atoms with van der Waals surface area (Å²) in [4.78, 5) is 36.3. The Balaban J connectivity index is 1.38. The van der Waals surface area contributed by atoms with E-state index in [-0.39, 0.29) is 12.0 Å². The van der Waals surface area contributed by atoms with Crippen molar-refractivity contribution in [3.05, 3.63) is 60.4 Å². The molecular formula is C33H46N8O2. The molecule has 2 aromatic heterocycles. The van der Waals surface area contributed by atoms with E-state index in [4.69, 9.17) is 14.7 Å². The number of piperazine rings is 1. The second kappa shape index (κ2) is 14.8. The van der Waals surface area contributed by atoms with Crippen LogP contribution in [0.15, 0.2) is 54.9 Å². The summed E-state index contributed by atoms with van der Waals surface area (Å²) >= 11 is 0. The largest absolute Gasteiger partial charge is 0.378 e. The predicted octanol–water partition coefficient (Wildman–Crippen LogP) is 3.78. The number of nitrogens with zero attached hydrogens (tertiary/aromatic N) is 7. The van der Waals surface area contributed by atoms with Crippen LogP contribution in [0.2, 0.25) is 0 Å². The molecule has 1 N–H and O–H groups in total. The SMILES string of the molecule is CC1CCCN(C)c2ccc(cn2)-c2ccnc(n2)Nc2cccc(c2)CN2CCN(CC1=O)CC2COCCN(C)C. The van der Waals surface area contributed by atoms with Crippen LogP contribution >= 0.6 is 0 Å². The fraction of sp³-hybridized carbons (Fsp3) is 0.515. The van der Waals surface area contributed by atoms with Gasteiger partial charge < -0.3 is 19.9 Å². The molecule has 8 bridgehead atoms. The molecule has 1 aromatic carbocycles. The van der Waals surface area contributed by atoms with E-state index in [9.17, 15) is 4.79 Å². The highest BCUT2D eigenvalue weighted by atomic mass is 16.5. The second-order valence-electron chi connectivity index (χ2n) is 12.2. The third-order valence-electron chi connectivity index (χ3n) is 8.40. The minimum atomic E-state index is 0.0281. The monoisotopic (exact) mass is 586 g/mol. The molecule has 7 heterocycles. The topological polar surface area (TPSA) is 90.0 Å². The highest BCUT2D eigenvalue weighted by molar-refractivity contribution is 5.82. The number of anilines is 3. The Bertz CT molecular complexity index is 1330. The number of rotatable bonds is 5. The van der Waals surface area contributed by atoms with Gasteiger partial charge in [0.25, 0.3) is 0 Å². The molecule has 0 spiro atoms. The molecule has 0 amide bonds. The van der Waals surface area contributed by atoms with Crippen LogP contribution in [-0.2, 0) is 16.1 Å². The molecule has 1 saturated heterocycles. The lowest BCUT2D eigenvalue weighted by Gasteiger charge is -2.41. The number of likely N-dealkylation sites (N-methyl/N-ethyl adjacent to an activating group) is 1. The maximum Gasteiger partial charge on any atom is 0.227 e. The fourth-order valence-corrected chi connectivity index (χ4v) is 5.67. The zero-order chi connectivity index (χ0) is 30.2. The van der Waals surface area contributed by atoms with Crippen molar-refractivity contribution < 1.29 is 9.53 Å². The maximum atomic E-state index is 13.3. The maximum absolute atomic E-state index is 13.3. The Morgan fingerprint density at radius 2 is 1.95 bits per heavy atom. The molecule has 4 unspecified atom stereocenters. The van der Waals surface area contributed by atoms with Crippen molar-refractivity contribution in [1.29, 1.82) is 0 Å². The Morgan fingerprint density at radius 3 is 2.77 bits per heavy atom. The highest BCUT2D eigenvalue weighted by Crippen LogP contribution is 2.23. The number of benzene rings is 1. The summed E-state index contributed by atoms with van der Waals surface area (Å²) in [6, 6.07) is 14.6. The van der Waals surface area contributed by atoms with Gasteiger partial charge in [0.05, 0.1) is 25.5 Å². The summed E-state index contributed by atoms with van der Waals surface area (Å²) in [5, 5.41) is 3.40. The van der Waals surface area contributed by atoms with Crippen molar-refractivity contribution in [2.75, 3.05) is 83.8 Å². The molecule has 0 radical (unpaired) electrons. The minimum absolute atomic E-state index is 0.0281. The summed E-state index contributed by atoms with van der Waals surface area (Å²) in [5.74, 6) is 1.81. The van der Waals surface area contributed by atoms with Gasteiger partial charge in [-0.2, -0.15) is 0 Å². The zero-order valence-electron chi connectivity index (χ0n) is 26.1. The first-order valence-corrected chi connectivity index (χ1v) is 15.4. The van der Waals surface area contributed by atoms with Crippen LogP contribution in [0.4, 0.5) is 17.5 Å². The zero-order valence-corrected chi connectivity index (χ0v) is 26.1. The fourth-order valence-electron chi connectivity index (χ4n) is 5.67. The molecule has 4 atom stereocenters. The smallest absolute Gasteiger partial charge is 0.227 e. The molecule has 5 aliphatic rings. The summed E-state index contributed by atoms with van der Waals surface area (Å²) in [6.07, 6.45) is 5.44. The summed E-state index contributed by atoms with van der Waals surface area (Å²) in [7, 11) is 6.17. The average molecular weight is 587 g/mol. The summed E-state index contributed by atoms with van der Waals surface area (Å²) < 4.78 is 6.14. The van der Waals surface area contributed by atoms with E-state index >= 15 is 0 Å². The lowest BCUT2D eigenvalue weighted by atomic mass is 9.99. The van der Waals surface area contributed by atoms with Crippen molar-refractivity contribution >= 4 is 23.2 Å². The van der Waals surface area contributed by atoms with E-state index in [1.807, 2.05) is 30.5 Å². The summed E-state index contributed by atoms with van der Waals surface area (Å²) in [6.45, 7) is 9.04. The van der Waals surface area contributed by atoms with E-state index in [0.29, 0.717) is 31.5 Å². The molecule has 3 aromatic rings. The van der Waals surface area contributed by atoms with Gasteiger partial charge in [0.2, 0.25) is 5.95 Å². The van der Waals surface area contributed by atoms with Crippen molar-refractivity contribution in [2.45, 2.75) is 32.4 Å². The Hall–Kier alpha value is -3.44. The van der Waals surface area contributed by atoms with Crippen LogP contribution in [0.25, 0.3) is 11.3 Å². The van der Waals surface area contributed by atoms with Gasteiger partial charge in [-0.05, 0) is 62.8 Å². The number of hydrogen-bond donors (Lipinski definition) is 1.